The van der Waals surface area contributed by atoms with Gasteiger partial charge in [0, 0.05) is 59.7 Å². The highest BCUT2D eigenvalue weighted by Crippen LogP contribution is 2.48. The minimum Gasteiger partial charge on any atom is -0.310 e. The summed E-state index contributed by atoms with van der Waals surface area (Å²) in [5.41, 5.74) is 6.88. The van der Waals surface area contributed by atoms with E-state index in [1.165, 1.54) is 74.1 Å². The molecule has 0 bridgehead atoms. The Hall–Kier alpha value is -6.72. The van der Waals surface area contributed by atoms with E-state index in [0.717, 1.165) is 28.4 Å². The maximum absolute atomic E-state index is 2.41. The highest BCUT2D eigenvalue weighted by molar-refractivity contribution is 7.27. The van der Waals surface area contributed by atoms with Crippen molar-refractivity contribution < 1.29 is 0 Å². The summed E-state index contributed by atoms with van der Waals surface area (Å²) in [6.07, 6.45) is 0. The normalized spacial score (nSPS) is 12.0. The summed E-state index contributed by atoms with van der Waals surface area (Å²) in [6.45, 7) is 7.23. The van der Waals surface area contributed by atoms with E-state index in [1.54, 1.807) is 0 Å². The molecule has 0 fully saturated rings. The van der Waals surface area contributed by atoms with Crippen LogP contribution in [0.3, 0.4) is 0 Å². The van der Waals surface area contributed by atoms with Crippen molar-refractivity contribution in [3.8, 4) is 0 Å². The fourth-order valence-electron chi connectivity index (χ4n) is 9.01. The van der Waals surface area contributed by atoms with Gasteiger partial charge in [-0.05, 0) is 110 Å². The molecule has 59 heavy (non-hydrogen) atoms. The van der Waals surface area contributed by atoms with E-state index in [1.807, 2.05) is 11.3 Å². The van der Waals surface area contributed by atoms with Crippen molar-refractivity contribution in [1.82, 2.24) is 0 Å². The highest BCUT2D eigenvalue weighted by atomic mass is 32.1. The van der Waals surface area contributed by atoms with E-state index in [0.29, 0.717) is 0 Å². The number of nitrogens with zero attached hydrogens (tertiary/aromatic N) is 2. The van der Waals surface area contributed by atoms with Gasteiger partial charge in [-0.2, -0.15) is 0 Å². The van der Waals surface area contributed by atoms with Crippen LogP contribution in [0.15, 0.2) is 200 Å². The van der Waals surface area contributed by atoms with Gasteiger partial charge < -0.3 is 9.80 Å². The first-order valence-corrected chi connectivity index (χ1v) is 24.7. The lowest BCUT2D eigenvalue weighted by Gasteiger charge is -2.26. The second-order valence-corrected chi connectivity index (χ2v) is 22.7. The van der Waals surface area contributed by atoms with Crippen LogP contribution in [0.4, 0.5) is 34.1 Å². The van der Waals surface area contributed by atoms with Gasteiger partial charge in [-0.15, -0.1) is 11.3 Å². The minimum atomic E-state index is -1.43. The topological polar surface area (TPSA) is 6.48 Å². The first-order valence-electron chi connectivity index (χ1n) is 20.4. The Morgan fingerprint density at radius 2 is 0.831 bits per heavy atom. The largest absolute Gasteiger partial charge is 0.310 e. The molecule has 0 radical (unpaired) electrons. The van der Waals surface area contributed by atoms with Crippen molar-refractivity contribution in [3.63, 3.8) is 0 Å². The number of para-hydroxylation sites is 2. The molecule has 4 heteroatoms. The van der Waals surface area contributed by atoms with Crippen LogP contribution in [-0.2, 0) is 0 Å². The summed E-state index contributed by atoms with van der Waals surface area (Å²) in [5.74, 6) is 0. The lowest BCUT2D eigenvalue weighted by atomic mass is 9.96. The maximum Gasteiger partial charge on any atom is 0.0775 e. The number of hydrogen-bond acceptors (Lipinski definition) is 3. The summed E-state index contributed by atoms with van der Waals surface area (Å²) in [5, 5.41) is 14.2. The van der Waals surface area contributed by atoms with Gasteiger partial charge in [-0.3, -0.25) is 0 Å². The average molecular weight is 791 g/mol. The number of thiophene rings is 1. The molecule has 0 saturated heterocycles. The third-order valence-electron chi connectivity index (χ3n) is 11.9. The Kier molecular flexibility index (Phi) is 8.40. The monoisotopic (exact) mass is 790 g/mol. The minimum absolute atomic E-state index is 1.13. The molecule has 1 aromatic heterocycles. The van der Waals surface area contributed by atoms with E-state index in [-0.39, 0.29) is 0 Å². The summed E-state index contributed by atoms with van der Waals surface area (Å²) in [7, 11) is -1.43. The predicted octanol–water partition coefficient (Wildman–Crippen LogP) is 16.2. The first kappa shape index (κ1) is 35.4. The van der Waals surface area contributed by atoms with Crippen LogP contribution < -0.4 is 15.0 Å². The molecule has 0 saturated carbocycles. The molecule has 0 atom stereocenters. The van der Waals surface area contributed by atoms with Crippen LogP contribution in [0, 0.1) is 0 Å². The Bertz CT molecular complexity index is 3370. The fourth-order valence-corrected chi connectivity index (χ4v) is 11.5. The molecule has 282 valence electrons. The second kappa shape index (κ2) is 14.0. The van der Waals surface area contributed by atoms with Gasteiger partial charge in [0.05, 0.1) is 8.07 Å². The Morgan fingerprint density at radius 1 is 0.339 bits per heavy atom. The number of anilines is 6. The van der Waals surface area contributed by atoms with Gasteiger partial charge in [0.25, 0.3) is 0 Å². The predicted molar refractivity (Wildman–Crippen MR) is 262 cm³/mol. The van der Waals surface area contributed by atoms with Crippen LogP contribution in [0.2, 0.25) is 19.6 Å². The molecule has 0 spiro atoms. The van der Waals surface area contributed by atoms with Crippen LogP contribution in [0.5, 0.6) is 0 Å². The van der Waals surface area contributed by atoms with Gasteiger partial charge >= 0.3 is 0 Å². The van der Waals surface area contributed by atoms with Crippen molar-refractivity contribution in [2.45, 2.75) is 19.6 Å². The van der Waals surface area contributed by atoms with E-state index in [9.17, 15) is 0 Å². The zero-order valence-corrected chi connectivity index (χ0v) is 35.2. The van der Waals surface area contributed by atoms with Crippen LogP contribution in [-0.4, -0.2) is 8.07 Å². The third kappa shape index (κ3) is 6.07. The van der Waals surface area contributed by atoms with Crippen LogP contribution in [0.25, 0.3) is 63.3 Å². The Morgan fingerprint density at radius 3 is 1.53 bits per heavy atom. The highest BCUT2D eigenvalue weighted by Gasteiger charge is 2.21. The maximum atomic E-state index is 2.41. The molecule has 2 nitrogen and oxygen atoms in total. The molecular formula is C55H42N2SSi. The van der Waals surface area contributed by atoms with Gasteiger partial charge in [0.1, 0.15) is 0 Å². The Labute approximate surface area is 349 Å². The fraction of sp³-hybridized carbons (Fsp3) is 0.0545. The summed E-state index contributed by atoms with van der Waals surface area (Å²) in [4.78, 5) is 4.80. The van der Waals surface area contributed by atoms with E-state index in [2.05, 4.69) is 230 Å². The molecule has 10 aromatic carbocycles. The zero-order valence-electron chi connectivity index (χ0n) is 33.4. The van der Waals surface area contributed by atoms with Crippen molar-refractivity contribution in [1.29, 1.82) is 0 Å². The smallest absolute Gasteiger partial charge is 0.0775 e. The third-order valence-corrected chi connectivity index (χ3v) is 15.2. The number of benzene rings is 10. The number of rotatable bonds is 7. The quantitative estimate of drug-likeness (QED) is 0.117. The van der Waals surface area contributed by atoms with Gasteiger partial charge in [-0.25, -0.2) is 0 Å². The average Bonchev–Trinajstić information content (AvgIpc) is 3.66. The van der Waals surface area contributed by atoms with Crippen LogP contribution in [0.1, 0.15) is 0 Å². The summed E-state index contributed by atoms with van der Waals surface area (Å²) in [6, 6.07) is 74.0. The molecule has 11 aromatic rings. The van der Waals surface area contributed by atoms with Crippen molar-refractivity contribution >= 4 is 122 Å². The van der Waals surface area contributed by atoms with Crippen molar-refractivity contribution in [3.05, 3.63) is 200 Å². The molecule has 11 rings (SSSR count). The molecule has 0 aliphatic carbocycles. The first-order chi connectivity index (χ1) is 28.9. The molecule has 0 aliphatic rings. The molecule has 0 unspecified atom stereocenters. The SMILES string of the molecule is C[Si](C)(C)c1ccc(N(c2ccccc2)c2ccc3c(c2)sc2c4ccc(N(c5ccccc5)c5ccc6c(ccc7ccccc76)c5)cc4c4ccccc4c32)cc1. The molecule has 0 amide bonds. The number of fused-ring (bicyclic) bond motifs is 11. The molecule has 0 N–H and O–H groups in total. The zero-order chi connectivity index (χ0) is 39.7. The van der Waals surface area contributed by atoms with E-state index in [4.69, 9.17) is 0 Å². The standard InChI is InChI=1S/C55H42N2SSi/c1-59(2,3)45-29-24-41(25-30-45)56(39-15-6-4-7-16-39)44-28-33-51-53(36-44)58-55-50-32-27-43(35-52(50)48-20-12-13-21-49(48)54(51)55)57(40-17-8-5-9-18-40)42-26-31-47-38(34-42)23-22-37-14-10-11-19-46(37)47/h4-36H,1-3H3. The van der Waals surface area contributed by atoms with E-state index >= 15 is 0 Å². The van der Waals surface area contributed by atoms with Crippen molar-refractivity contribution in [2.24, 2.45) is 0 Å². The molecular weight excluding hydrogens is 749 g/mol. The molecule has 0 aliphatic heterocycles. The lowest BCUT2D eigenvalue weighted by molar-refractivity contribution is 1.29. The van der Waals surface area contributed by atoms with Gasteiger partial charge in [0.2, 0.25) is 0 Å². The summed E-state index contributed by atoms with van der Waals surface area (Å²) >= 11 is 1.91. The lowest BCUT2D eigenvalue weighted by Crippen LogP contribution is -2.37. The second-order valence-electron chi connectivity index (χ2n) is 16.6. The number of hydrogen-bond donors (Lipinski definition) is 0. The Balaban J connectivity index is 1.09. The molecule has 1 heterocycles. The van der Waals surface area contributed by atoms with Gasteiger partial charge in [-0.1, -0.05) is 152 Å². The van der Waals surface area contributed by atoms with Crippen LogP contribution >= 0.6 is 11.3 Å². The van der Waals surface area contributed by atoms with Gasteiger partial charge in [0.15, 0.2) is 0 Å². The van der Waals surface area contributed by atoms with Crippen molar-refractivity contribution in [2.75, 3.05) is 9.80 Å². The van der Waals surface area contributed by atoms with E-state index < -0.39 is 8.07 Å². The summed E-state index contributed by atoms with van der Waals surface area (Å²) < 4.78 is 2.61.